The maximum Gasteiger partial charge on any atom is 0.290 e. The molecule has 2 aliphatic rings. The zero-order valence-electron chi connectivity index (χ0n) is 25.0. The second kappa shape index (κ2) is 16.2. The van der Waals surface area contributed by atoms with Crippen molar-refractivity contribution in [2.45, 2.75) is 51.0 Å². The molecular formula is C30H40N6O8. The lowest BCUT2D eigenvalue weighted by Crippen LogP contribution is -2.59. The number of aromatic nitrogens is 1. The van der Waals surface area contributed by atoms with Gasteiger partial charge in [0, 0.05) is 39.0 Å². The topological polar surface area (TPSA) is 190 Å². The summed E-state index contributed by atoms with van der Waals surface area (Å²) in [5.41, 5.74) is 1.25. The highest BCUT2D eigenvalue weighted by Gasteiger charge is 2.38. The molecule has 1 aromatic heterocycles. The number of rotatable bonds is 5. The van der Waals surface area contributed by atoms with Gasteiger partial charge in [-0.05, 0) is 24.0 Å². The Morgan fingerprint density at radius 3 is 2.39 bits per heavy atom. The third kappa shape index (κ3) is 9.66. The van der Waals surface area contributed by atoms with Crippen LogP contribution in [-0.2, 0) is 35.1 Å². The number of carbonyl (C=O) groups is 6. The van der Waals surface area contributed by atoms with Gasteiger partial charge in [-0.3, -0.25) is 28.8 Å². The van der Waals surface area contributed by atoms with Gasteiger partial charge in [-0.25, -0.2) is 0 Å². The fourth-order valence-electron chi connectivity index (χ4n) is 5.06. The summed E-state index contributed by atoms with van der Waals surface area (Å²) in [6.07, 6.45) is 2.01. The third-order valence-corrected chi connectivity index (χ3v) is 7.11. The van der Waals surface area contributed by atoms with Crippen LogP contribution in [0, 0.1) is 5.92 Å². The molecule has 2 aliphatic heterocycles. The second-order valence-electron chi connectivity index (χ2n) is 11.1. The molecule has 238 valence electrons. The Balaban J connectivity index is 0.00000169. The van der Waals surface area contributed by atoms with Crippen LogP contribution in [0.2, 0.25) is 0 Å². The van der Waals surface area contributed by atoms with Crippen molar-refractivity contribution in [3.63, 3.8) is 0 Å². The summed E-state index contributed by atoms with van der Waals surface area (Å²) < 4.78 is 6.08. The van der Waals surface area contributed by atoms with E-state index in [9.17, 15) is 24.0 Å². The standard InChI is InChI=1S/C29H38N6O6.CH2O2/c1-18(2)11-22-26(37)31-14-21-15-35(28(39)20-9-10-30-13-20)16-24(41-21)27(38)33-23(12-19-7-5-4-6-8-19)29(40)34(3)17-25(36)32-22;2-1-3/h4-10,13,18,21-24,30H,11-12,14-17H2,1-3H3,(H,31,37)(H,32,36)(H,33,38);1H,(H,2,3)/t21-,22+,23-,24-;/m1./s1. The number of nitrogens with one attached hydrogen (secondary N) is 4. The number of carboxylic acid groups (broad SMARTS) is 1. The Morgan fingerprint density at radius 1 is 1.05 bits per heavy atom. The summed E-state index contributed by atoms with van der Waals surface area (Å²) >= 11 is 0. The summed E-state index contributed by atoms with van der Waals surface area (Å²) in [5.74, 6) is -2.11. The number of aromatic amines is 1. The molecule has 2 saturated heterocycles. The number of amides is 5. The number of likely N-dealkylation sites (N-methyl/N-ethyl adjacent to an activating group) is 1. The van der Waals surface area contributed by atoms with Crippen LogP contribution >= 0.6 is 0 Å². The number of ether oxygens (including phenoxy) is 1. The maximum absolute atomic E-state index is 13.6. The van der Waals surface area contributed by atoms with E-state index in [4.69, 9.17) is 14.6 Å². The molecular weight excluding hydrogens is 572 g/mol. The average molecular weight is 613 g/mol. The molecule has 4 rings (SSSR count). The number of carbonyl (C=O) groups excluding carboxylic acids is 5. The maximum atomic E-state index is 13.6. The Hall–Kier alpha value is -4.72. The first-order valence-corrected chi connectivity index (χ1v) is 14.3. The van der Waals surface area contributed by atoms with Gasteiger partial charge in [0.25, 0.3) is 18.3 Å². The van der Waals surface area contributed by atoms with Crippen LogP contribution in [-0.4, -0.2) is 113 Å². The SMILES string of the molecule is CC(C)C[C@@H]1NC(=O)CN(C)C(=O)[C@@H](Cc2ccccc2)NC(=O)[C@H]2CN(C(=O)c3cc[nH]c3)C[C@@H](CNC1=O)O2.O=CO. The quantitative estimate of drug-likeness (QED) is 0.286. The normalized spacial score (nSPS) is 23.3. The third-order valence-electron chi connectivity index (χ3n) is 7.11. The van der Waals surface area contributed by atoms with Gasteiger partial charge in [-0.1, -0.05) is 44.2 Å². The van der Waals surface area contributed by atoms with E-state index >= 15 is 0 Å². The number of morpholine rings is 1. The van der Waals surface area contributed by atoms with Gasteiger partial charge in [0.1, 0.15) is 12.1 Å². The molecule has 2 aromatic rings. The molecule has 0 saturated carbocycles. The van der Waals surface area contributed by atoms with E-state index in [1.807, 2.05) is 44.2 Å². The van der Waals surface area contributed by atoms with Crippen molar-refractivity contribution in [1.82, 2.24) is 30.7 Å². The van der Waals surface area contributed by atoms with Gasteiger partial charge in [-0.2, -0.15) is 0 Å². The molecule has 5 N–H and O–H groups in total. The zero-order valence-corrected chi connectivity index (χ0v) is 25.0. The minimum Gasteiger partial charge on any atom is -0.483 e. The van der Waals surface area contributed by atoms with Crippen LogP contribution in [0.15, 0.2) is 48.8 Å². The Labute approximate surface area is 255 Å². The molecule has 0 aliphatic carbocycles. The molecule has 0 radical (unpaired) electrons. The number of hydrogen-bond donors (Lipinski definition) is 5. The smallest absolute Gasteiger partial charge is 0.290 e. The van der Waals surface area contributed by atoms with E-state index in [1.165, 1.54) is 16.8 Å². The van der Waals surface area contributed by atoms with Crippen LogP contribution in [0.5, 0.6) is 0 Å². The lowest BCUT2D eigenvalue weighted by atomic mass is 10.0. The highest BCUT2D eigenvalue weighted by molar-refractivity contribution is 5.96. The fourth-order valence-corrected chi connectivity index (χ4v) is 5.06. The number of nitrogens with zero attached hydrogens (tertiary/aromatic N) is 2. The van der Waals surface area contributed by atoms with E-state index in [-0.39, 0.29) is 50.9 Å². The van der Waals surface area contributed by atoms with Gasteiger partial charge < -0.3 is 40.6 Å². The van der Waals surface area contributed by atoms with Crippen molar-refractivity contribution in [2.24, 2.45) is 5.92 Å². The van der Waals surface area contributed by atoms with Crippen molar-refractivity contribution >= 4 is 36.0 Å². The fraction of sp³-hybridized carbons (Fsp3) is 0.467. The van der Waals surface area contributed by atoms with Gasteiger partial charge in [0.05, 0.1) is 24.8 Å². The van der Waals surface area contributed by atoms with Crippen molar-refractivity contribution in [3.8, 4) is 0 Å². The summed E-state index contributed by atoms with van der Waals surface area (Å²) in [6.45, 7) is 3.48. The summed E-state index contributed by atoms with van der Waals surface area (Å²) in [4.78, 5) is 80.3. The van der Waals surface area contributed by atoms with Crippen LogP contribution in [0.3, 0.4) is 0 Å². The summed E-state index contributed by atoms with van der Waals surface area (Å²) in [5, 5.41) is 15.3. The van der Waals surface area contributed by atoms with Crippen molar-refractivity contribution in [1.29, 1.82) is 0 Å². The van der Waals surface area contributed by atoms with Crippen LogP contribution in [0.25, 0.3) is 0 Å². The lowest BCUT2D eigenvalue weighted by Gasteiger charge is -2.38. The monoisotopic (exact) mass is 612 g/mol. The molecule has 2 fully saturated rings. The molecule has 0 spiro atoms. The minimum atomic E-state index is -1.08. The van der Waals surface area contributed by atoms with Crippen LogP contribution < -0.4 is 16.0 Å². The summed E-state index contributed by atoms with van der Waals surface area (Å²) in [6, 6.07) is 9.05. The number of H-pyrrole nitrogens is 1. The van der Waals surface area contributed by atoms with E-state index in [0.717, 1.165) is 5.56 Å². The van der Waals surface area contributed by atoms with Gasteiger partial charge in [-0.15, -0.1) is 0 Å². The first-order valence-electron chi connectivity index (χ1n) is 14.3. The molecule has 14 heteroatoms. The lowest BCUT2D eigenvalue weighted by molar-refractivity contribution is -0.148. The van der Waals surface area contributed by atoms with Crippen LogP contribution in [0.1, 0.15) is 36.2 Å². The molecule has 3 heterocycles. The van der Waals surface area contributed by atoms with Crippen LogP contribution in [0.4, 0.5) is 0 Å². The molecule has 14 nitrogen and oxygen atoms in total. The van der Waals surface area contributed by atoms with E-state index in [1.54, 1.807) is 18.5 Å². The van der Waals surface area contributed by atoms with Gasteiger partial charge in [0.15, 0.2) is 6.10 Å². The van der Waals surface area contributed by atoms with Gasteiger partial charge in [0.2, 0.25) is 17.7 Å². The highest BCUT2D eigenvalue weighted by atomic mass is 16.5. The molecule has 4 atom stereocenters. The predicted molar refractivity (Wildman–Crippen MR) is 158 cm³/mol. The molecule has 2 bridgehead atoms. The Bertz CT molecular complexity index is 1290. The highest BCUT2D eigenvalue weighted by Crippen LogP contribution is 2.17. The molecule has 1 aromatic carbocycles. The zero-order chi connectivity index (χ0) is 32.2. The Kier molecular flexibility index (Phi) is 12.4. The number of benzene rings is 1. The van der Waals surface area contributed by atoms with E-state index in [0.29, 0.717) is 12.0 Å². The first kappa shape index (κ1) is 33.8. The van der Waals surface area contributed by atoms with Crippen molar-refractivity contribution in [3.05, 3.63) is 59.9 Å². The average Bonchev–Trinajstić information content (AvgIpc) is 3.53. The first-order chi connectivity index (χ1) is 21.0. The molecule has 44 heavy (non-hydrogen) atoms. The van der Waals surface area contributed by atoms with E-state index in [2.05, 4.69) is 20.9 Å². The minimum absolute atomic E-state index is 0.0241. The molecule has 5 amide bonds. The van der Waals surface area contributed by atoms with E-state index < -0.39 is 47.9 Å². The largest absolute Gasteiger partial charge is 0.483 e. The van der Waals surface area contributed by atoms with Crippen molar-refractivity contribution in [2.75, 3.05) is 33.2 Å². The Morgan fingerprint density at radius 2 is 1.75 bits per heavy atom. The molecule has 0 unspecified atom stereocenters. The van der Waals surface area contributed by atoms with Gasteiger partial charge >= 0.3 is 0 Å². The summed E-state index contributed by atoms with van der Waals surface area (Å²) in [7, 11) is 1.48. The number of fused-ring (bicyclic) bond motifs is 2. The van der Waals surface area contributed by atoms with Crippen molar-refractivity contribution < 1.29 is 38.6 Å². The second-order valence-corrected chi connectivity index (χ2v) is 11.1. The predicted octanol–water partition coefficient (Wildman–Crippen LogP) is -0.228. The number of hydrogen-bond acceptors (Lipinski definition) is 7.